The van der Waals surface area contributed by atoms with Crippen LogP contribution in [0.1, 0.15) is 23.0 Å². The number of benzene rings is 1. The Bertz CT molecular complexity index is 763. The van der Waals surface area contributed by atoms with Crippen molar-refractivity contribution in [1.29, 1.82) is 0 Å². The molecule has 1 aromatic heterocycles. The Morgan fingerprint density at radius 2 is 2.00 bits per heavy atom. The summed E-state index contributed by atoms with van der Waals surface area (Å²) in [5.74, 6) is -1.21. The highest BCUT2D eigenvalue weighted by atomic mass is 16.2. The SMILES string of the molecule is Cc1[nH]c2ccccc2c1C(=O)N1CC(=O)NC(=O)C1C. The number of fused-ring (bicyclic) bond motifs is 1. The van der Waals surface area contributed by atoms with Gasteiger partial charge in [0.05, 0.1) is 5.56 Å². The van der Waals surface area contributed by atoms with Crippen molar-refractivity contribution in [2.24, 2.45) is 0 Å². The zero-order chi connectivity index (χ0) is 15.1. The summed E-state index contributed by atoms with van der Waals surface area (Å²) in [6, 6.07) is 6.80. The number of hydrogen-bond donors (Lipinski definition) is 2. The van der Waals surface area contributed by atoms with Crippen LogP contribution in [0.2, 0.25) is 0 Å². The fourth-order valence-corrected chi connectivity index (χ4v) is 2.66. The summed E-state index contributed by atoms with van der Waals surface area (Å²) in [4.78, 5) is 40.5. The zero-order valence-electron chi connectivity index (χ0n) is 11.8. The van der Waals surface area contributed by atoms with E-state index in [1.165, 1.54) is 4.90 Å². The Morgan fingerprint density at radius 3 is 2.76 bits per heavy atom. The molecule has 1 aromatic carbocycles. The maximum Gasteiger partial charge on any atom is 0.257 e. The van der Waals surface area contributed by atoms with Crippen molar-refractivity contribution >= 4 is 28.6 Å². The van der Waals surface area contributed by atoms with Gasteiger partial charge in [-0.25, -0.2) is 0 Å². The van der Waals surface area contributed by atoms with Crippen LogP contribution >= 0.6 is 0 Å². The predicted molar refractivity (Wildman–Crippen MR) is 76.7 cm³/mol. The first-order chi connectivity index (χ1) is 9.99. The number of rotatable bonds is 1. The van der Waals surface area contributed by atoms with Gasteiger partial charge >= 0.3 is 0 Å². The number of amides is 3. The van der Waals surface area contributed by atoms with Gasteiger partial charge in [0.1, 0.15) is 12.6 Å². The number of carbonyl (C=O) groups excluding carboxylic acids is 3. The Balaban J connectivity index is 2.06. The van der Waals surface area contributed by atoms with Crippen LogP contribution < -0.4 is 5.32 Å². The molecule has 0 bridgehead atoms. The lowest BCUT2D eigenvalue weighted by atomic mass is 10.1. The minimum absolute atomic E-state index is 0.106. The van der Waals surface area contributed by atoms with E-state index in [1.807, 2.05) is 31.2 Å². The molecule has 1 saturated heterocycles. The summed E-state index contributed by atoms with van der Waals surface area (Å²) in [5, 5.41) is 3.03. The smallest absolute Gasteiger partial charge is 0.257 e. The number of aromatic amines is 1. The van der Waals surface area contributed by atoms with E-state index in [2.05, 4.69) is 10.3 Å². The molecule has 0 aliphatic carbocycles. The van der Waals surface area contributed by atoms with Gasteiger partial charge in [-0.3, -0.25) is 19.7 Å². The molecule has 2 heterocycles. The van der Waals surface area contributed by atoms with Crippen LogP contribution in [0.3, 0.4) is 0 Å². The molecule has 3 rings (SSSR count). The third-order valence-corrected chi connectivity index (χ3v) is 3.79. The van der Waals surface area contributed by atoms with E-state index in [1.54, 1.807) is 6.92 Å². The van der Waals surface area contributed by atoms with E-state index in [9.17, 15) is 14.4 Å². The standard InChI is InChI=1S/C15H15N3O3/c1-8-13(10-5-3-4-6-11(10)16-8)15(21)18-7-12(19)17-14(20)9(18)2/h3-6,9,16H,7H2,1-2H3,(H,17,19,20). The van der Waals surface area contributed by atoms with Gasteiger partial charge in [0.25, 0.3) is 5.91 Å². The molecule has 21 heavy (non-hydrogen) atoms. The largest absolute Gasteiger partial charge is 0.358 e. The van der Waals surface area contributed by atoms with Gasteiger partial charge in [-0.1, -0.05) is 18.2 Å². The quantitative estimate of drug-likeness (QED) is 0.766. The summed E-state index contributed by atoms with van der Waals surface area (Å²) in [5.41, 5.74) is 2.10. The monoisotopic (exact) mass is 285 g/mol. The molecule has 6 nitrogen and oxygen atoms in total. The third-order valence-electron chi connectivity index (χ3n) is 3.79. The van der Waals surface area contributed by atoms with Crippen LogP contribution in [0.4, 0.5) is 0 Å². The van der Waals surface area contributed by atoms with Gasteiger partial charge in [-0.05, 0) is 19.9 Å². The minimum Gasteiger partial charge on any atom is -0.358 e. The number of nitrogens with one attached hydrogen (secondary N) is 2. The predicted octanol–water partition coefficient (Wildman–Crippen LogP) is 0.963. The molecule has 6 heteroatoms. The second-order valence-corrected chi connectivity index (χ2v) is 5.19. The number of carbonyl (C=O) groups is 3. The summed E-state index contributed by atoms with van der Waals surface area (Å²) < 4.78 is 0. The molecule has 0 spiro atoms. The molecule has 1 atom stereocenters. The van der Waals surface area contributed by atoms with Gasteiger partial charge in [0.2, 0.25) is 11.8 Å². The van der Waals surface area contributed by atoms with Gasteiger partial charge < -0.3 is 9.88 Å². The van der Waals surface area contributed by atoms with E-state index in [-0.39, 0.29) is 12.5 Å². The average molecular weight is 285 g/mol. The molecule has 108 valence electrons. The van der Waals surface area contributed by atoms with Crippen molar-refractivity contribution < 1.29 is 14.4 Å². The van der Waals surface area contributed by atoms with Crippen LogP contribution in [0.15, 0.2) is 24.3 Å². The minimum atomic E-state index is -0.664. The molecule has 1 fully saturated rings. The van der Waals surface area contributed by atoms with Crippen LogP contribution in [0.5, 0.6) is 0 Å². The first kappa shape index (κ1) is 13.4. The van der Waals surface area contributed by atoms with Crippen LogP contribution in [0, 0.1) is 6.92 Å². The number of hydrogen-bond acceptors (Lipinski definition) is 3. The first-order valence-electron chi connectivity index (χ1n) is 6.71. The fraction of sp³-hybridized carbons (Fsp3) is 0.267. The highest BCUT2D eigenvalue weighted by molar-refractivity contribution is 6.12. The molecule has 0 radical (unpaired) electrons. The Morgan fingerprint density at radius 1 is 1.29 bits per heavy atom. The molecule has 1 aliphatic heterocycles. The topological polar surface area (TPSA) is 82.3 Å². The number of nitrogens with zero attached hydrogens (tertiary/aromatic N) is 1. The Kier molecular flexibility index (Phi) is 3.01. The number of H-pyrrole nitrogens is 1. The van der Waals surface area contributed by atoms with Gasteiger partial charge in [-0.15, -0.1) is 0 Å². The first-order valence-corrected chi connectivity index (χ1v) is 6.71. The Hall–Kier alpha value is -2.63. The Labute approximate surface area is 121 Å². The highest BCUT2D eigenvalue weighted by Crippen LogP contribution is 2.24. The lowest BCUT2D eigenvalue weighted by molar-refractivity contribution is -0.138. The number of aryl methyl sites for hydroxylation is 1. The maximum absolute atomic E-state index is 12.8. The molecule has 2 aromatic rings. The van der Waals surface area contributed by atoms with Gasteiger partial charge in [-0.2, -0.15) is 0 Å². The van der Waals surface area contributed by atoms with Crippen LogP contribution in [-0.4, -0.2) is 40.2 Å². The van der Waals surface area contributed by atoms with Crippen molar-refractivity contribution in [3.05, 3.63) is 35.5 Å². The lowest BCUT2D eigenvalue weighted by Gasteiger charge is -2.31. The average Bonchev–Trinajstić information content (AvgIpc) is 2.78. The molecular formula is C15H15N3O3. The van der Waals surface area contributed by atoms with Crippen LogP contribution in [0.25, 0.3) is 10.9 Å². The normalized spacial score (nSPS) is 19.0. The second kappa shape index (κ2) is 4.73. The fourth-order valence-electron chi connectivity index (χ4n) is 2.66. The van der Waals surface area contributed by atoms with Crippen molar-refractivity contribution in [2.75, 3.05) is 6.54 Å². The highest BCUT2D eigenvalue weighted by Gasteiger charge is 2.35. The van der Waals surface area contributed by atoms with Crippen molar-refractivity contribution in [2.45, 2.75) is 19.9 Å². The number of piperazine rings is 1. The van der Waals surface area contributed by atoms with E-state index >= 15 is 0 Å². The summed E-state index contributed by atoms with van der Waals surface area (Å²) in [6.45, 7) is 3.32. The van der Waals surface area contributed by atoms with E-state index < -0.39 is 17.9 Å². The van der Waals surface area contributed by atoms with E-state index in [0.29, 0.717) is 5.56 Å². The molecule has 3 amide bonds. The third kappa shape index (κ3) is 2.08. The molecular weight excluding hydrogens is 270 g/mol. The van der Waals surface area contributed by atoms with Gasteiger partial charge in [0.15, 0.2) is 0 Å². The summed E-state index contributed by atoms with van der Waals surface area (Å²) in [7, 11) is 0. The summed E-state index contributed by atoms with van der Waals surface area (Å²) >= 11 is 0. The molecule has 2 N–H and O–H groups in total. The molecule has 0 saturated carbocycles. The van der Waals surface area contributed by atoms with Crippen molar-refractivity contribution in [1.82, 2.24) is 15.2 Å². The zero-order valence-corrected chi connectivity index (χ0v) is 11.8. The number of imide groups is 1. The van der Waals surface area contributed by atoms with Gasteiger partial charge in [0, 0.05) is 16.6 Å². The number of aromatic nitrogens is 1. The van der Waals surface area contributed by atoms with Crippen molar-refractivity contribution in [3.8, 4) is 0 Å². The lowest BCUT2D eigenvalue weighted by Crippen LogP contribution is -2.58. The van der Waals surface area contributed by atoms with E-state index in [0.717, 1.165) is 16.6 Å². The molecule has 1 unspecified atom stereocenters. The van der Waals surface area contributed by atoms with E-state index in [4.69, 9.17) is 0 Å². The summed E-state index contributed by atoms with van der Waals surface area (Å²) in [6.07, 6.45) is 0. The maximum atomic E-state index is 12.8. The van der Waals surface area contributed by atoms with Crippen LogP contribution in [-0.2, 0) is 9.59 Å². The number of para-hydroxylation sites is 1. The second-order valence-electron chi connectivity index (χ2n) is 5.19. The van der Waals surface area contributed by atoms with Crippen molar-refractivity contribution in [3.63, 3.8) is 0 Å². The molecule has 1 aliphatic rings.